The third-order valence-corrected chi connectivity index (χ3v) is 4.97. The molecule has 3 heterocycles. The third-order valence-electron chi connectivity index (χ3n) is 3.36. The van der Waals surface area contributed by atoms with Gasteiger partial charge >= 0.3 is 5.97 Å². The predicted octanol–water partition coefficient (Wildman–Crippen LogP) is 3.69. The summed E-state index contributed by atoms with van der Waals surface area (Å²) in [6.07, 6.45) is 0. The van der Waals surface area contributed by atoms with E-state index in [2.05, 4.69) is 26.1 Å². The largest absolute Gasteiger partial charge is 0.486 e. The van der Waals surface area contributed by atoms with Crippen molar-refractivity contribution < 1.29 is 23.4 Å². The Balaban J connectivity index is 1.41. The summed E-state index contributed by atoms with van der Waals surface area (Å²) in [4.78, 5) is 13.0. The molecular formula is C16H11BrN2O5S. The maximum Gasteiger partial charge on any atom is 0.338 e. The summed E-state index contributed by atoms with van der Waals surface area (Å²) < 4.78 is 22.6. The van der Waals surface area contributed by atoms with Crippen LogP contribution in [0, 0.1) is 0 Å². The van der Waals surface area contributed by atoms with Gasteiger partial charge in [-0.15, -0.1) is 21.5 Å². The van der Waals surface area contributed by atoms with Crippen molar-refractivity contribution >= 4 is 33.2 Å². The van der Waals surface area contributed by atoms with Crippen LogP contribution in [0.2, 0.25) is 0 Å². The van der Waals surface area contributed by atoms with Gasteiger partial charge in [-0.2, -0.15) is 0 Å². The molecule has 0 spiro atoms. The van der Waals surface area contributed by atoms with Gasteiger partial charge in [0.25, 0.3) is 11.8 Å². The molecule has 1 aliphatic rings. The second kappa shape index (κ2) is 6.85. The molecule has 0 saturated heterocycles. The minimum Gasteiger partial charge on any atom is -0.486 e. The molecule has 0 atom stereocenters. The fourth-order valence-electron chi connectivity index (χ4n) is 2.22. The maximum atomic E-state index is 12.2. The topological polar surface area (TPSA) is 83.7 Å². The smallest absolute Gasteiger partial charge is 0.338 e. The summed E-state index contributed by atoms with van der Waals surface area (Å²) in [5.41, 5.74) is 0.367. The minimum atomic E-state index is -0.504. The lowest BCUT2D eigenvalue weighted by Crippen LogP contribution is -2.16. The van der Waals surface area contributed by atoms with Crippen LogP contribution < -0.4 is 9.47 Å². The van der Waals surface area contributed by atoms with Crippen molar-refractivity contribution in [1.29, 1.82) is 0 Å². The summed E-state index contributed by atoms with van der Waals surface area (Å²) in [5, 5.41) is 7.84. The monoisotopic (exact) mass is 422 g/mol. The molecule has 2 aromatic heterocycles. The van der Waals surface area contributed by atoms with E-state index in [-0.39, 0.29) is 12.5 Å². The first-order chi connectivity index (χ1) is 12.2. The molecule has 1 aromatic carbocycles. The van der Waals surface area contributed by atoms with E-state index in [1.807, 2.05) is 12.1 Å². The minimum absolute atomic E-state index is 0.104. The number of hydrogen-bond donors (Lipinski definition) is 0. The summed E-state index contributed by atoms with van der Waals surface area (Å²) in [7, 11) is 0. The van der Waals surface area contributed by atoms with Crippen LogP contribution in [0.25, 0.3) is 10.8 Å². The molecule has 0 amide bonds. The highest BCUT2D eigenvalue weighted by Crippen LogP contribution is 2.32. The first kappa shape index (κ1) is 16.1. The summed E-state index contributed by atoms with van der Waals surface area (Å²) in [6.45, 7) is 0.846. The van der Waals surface area contributed by atoms with Gasteiger partial charge in [-0.1, -0.05) is 0 Å². The molecule has 1 aliphatic heterocycles. The lowest BCUT2D eigenvalue weighted by molar-refractivity contribution is 0.0437. The van der Waals surface area contributed by atoms with Gasteiger partial charge in [0.2, 0.25) is 0 Å². The van der Waals surface area contributed by atoms with Crippen molar-refractivity contribution in [3.63, 3.8) is 0 Å². The molecule has 0 fully saturated rings. The van der Waals surface area contributed by atoms with Crippen LogP contribution >= 0.6 is 27.3 Å². The molecule has 0 saturated carbocycles. The number of fused-ring (bicyclic) bond motifs is 1. The van der Waals surface area contributed by atoms with Crippen LogP contribution in [-0.2, 0) is 11.3 Å². The fourth-order valence-corrected chi connectivity index (χ4v) is 3.53. The normalized spacial score (nSPS) is 12.8. The zero-order valence-electron chi connectivity index (χ0n) is 12.7. The quantitative estimate of drug-likeness (QED) is 0.592. The van der Waals surface area contributed by atoms with E-state index >= 15 is 0 Å². The molecule has 0 bridgehead atoms. The predicted molar refractivity (Wildman–Crippen MR) is 91.9 cm³/mol. The number of thiophene rings is 1. The molecule has 3 aromatic rings. The molecule has 9 heteroatoms. The van der Waals surface area contributed by atoms with E-state index in [0.717, 1.165) is 8.66 Å². The number of rotatable bonds is 4. The van der Waals surface area contributed by atoms with Crippen LogP contribution in [0.4, 0.5) is 0 Å². The van der Waals surface area contributed by atoms with Gasteiger partial charge in [-0.25, -0.2) is 4.79 Å². The number of benzene rings is 1. The van der Waals surface area contributed by atoms with Crippen LogP contribution in [0.15, 0.2) is 38.5 Å². The van der Waals surface area contributed by atoms with Crippen LogP contribution in [0.5, 0.6) is 11.5 Å². The Kier molecular flexibility index (Phi) is 4.41. The second-order valence-electron chi connectivity index (χ2n) is 5.04. The first-order valence-corrected chi connectivity index (χ1v) is 8.95. The molecule has 0 unspecified atom stereocenters. The number of halogens is 1. The van der Waals surface area contributed by atoms with Gasteiger partial charge in [-0.05, 0) is 46.3 Å². The van der Waals surface area contributed by atoms with E-state index in [4.69, 9.17) is 18.6 Å². The zero-order valence-corrected chi connectivity index (χ0v) is 15.1. The van der Waals surface area contributed by atoms with Gasteiger partial charge in [0, 0.05) is 0 Å². The number of carbonyl (C=O) groups excluding carboxylic acids is 1. The van der Waals surface area contributed by atoms with Crippen molar-refractivity contribution in [1.82, 2.24) is 10.2 Å². The SMILES string of the molecule is O=C(OCc1nnc(-c2ccc(Br)s2)o1)c1ccc2c(c1)OCCO2. The fraction of sp³-hybridized carbons (Fsp3) is 0.188. The van der Waals surface area contributed by atoms with E-state index in [0.29, 0.717) is 36.2 Å². The Bertz CT molecular complexity index is 923. The third kappa shape index (κ3) is 3.52. The van der Waals surface area contributed by atoms with E-state index in [1.165, 1.54) is 11.3 Å². The number of carbonyl (C=O) groups is 1. The first-order valence-electron chi connectivity index (χ1n) is 7.34. The van der Waals surface area contributed by atoms with Crippen molar-refractivity contribution in [2.75, 3.05) is 13.2 Å². The summed E-state index contributed by atoms with van der Waals surface area (Å²) in [6, 6.07) is 8.67. The van der Waals surface area contributed by atoms with Gasteiger partial charge in [0.1, 0.15) is 13.2 Å². The lowest BCUT2D eigenvalue weighted by atomic mass is 10.2. The Labute approximate surface area is 154 Å². The average molecular weight is 423 g/mol. The number of hydrogen-bond acceptors (Lipinski definition) is 8. The molecular weight excluding hydrogens is 412 g/mol. The lowest BCUT2D eigenvalue weighted by Gasteiger charge is -2.18. The van der Waals surface area contributed by atoms with Crippen molar-refractivity contribution in [2.45, 2.75) is 6.61 Å². The van der Waals surface area contributed by atoms with Gasteiger partial charge < -0.3 is 18.6 Å². The van der Waals surface area contributed by atoms with Crippen LogP contribution in [-0.4, -0.2) is 29.4 Å². The number of aromatic nitrogens is 2. The Hall–Kier alpha value is -2.39. The Morgan fingerprint density at radius 3 is 2.80 bits per heavy atom. The Morgan fingerprint density at radius 2 is 2.00 bits per heavy atom. The maximum absolute atomic E-state index is 12.2. The highest BCUT2D eigenvalue weighted by molar-refractivity contribution is 9.11. The molecule has 7 nitrogen and oxygen atoms in total. The molecule has 128 valence electrons. The molecule has 0 radical (unpaired) electrons. The van der Waals surface area contributed by atoms with Crippen molar-refractivity contribution in [3.05, 3.63) is 45.6 Å². The average Bonchev–Trinajstić information content (AvgIpc) is 3.28. The zero-order chi connectivity index (χ0) is 17.2. The molecule has 0 aliphatic carbocycles. The second-order valence-corrected chi connectivity index (χ2v) is 7.50. The van der Waals surface area contributed by atoms with Gasteiger partial charge in [0.05, 0.1) is 14.2 Å². The molecule has 4 rings (SSSR count). The molecule has 0 N–H and O–H groups in total. The summed E-state index contributed by atoms with van der Waals surface area (Å²) in [5.74, 6) is 1.26. The van der Waals surface area contributed by atoms with Crippen LogP contribution in [0.3, 0.4) is 0 Å². The van der Waals surface area contributed by atoms with Crippen LogP contribution in [0.1, 0.15) is 16.2 Å². The number of nitrogens with zero attached hydrogens (tertiary/aromatic N) is 2. The van der Waals surface area contributed by atoms with Crippen molar-refractivity contribution in [3.8, 4) is 22.3 Å². The van der Waals surface area contributed by atoms with E-state index in [1.54, 1.807) is 18.2 Å². The standard InChI is InChI=1S/C16H11BrN2O5S/c17-13-4-3-12(25-13)15-19-18-14(24-15)8-23-16(20)9-1-2-10-11(7-9)22-6-5-21-10/h1-4,7H,5-6,8H2. The highest BCUT2D eigenvalue weighted by atomic mass is 79.9. The number of esters is 1. The summed E-state index contributed by atoms with van der Waals surface area (Å²) >= 11 is 4.85. The van der Waals surface area contributed by atoms with E-state index in [9.17, 15) is 4.79 Å². The van der Waals surface area contributed by atoms with Gasteiger partial charge in [0.15, 0.2) is 18.1 Å². The highest BCUT2D eigenvalue weighted by Gasteiger charge is 2.17. The van der Waals surface area contributed by atoms with Crippen molar-refractivity contribution in [2.24, 2.45) is 0 Å². The van der Waals surface area contributed by atoms with Gasteiger partial charge in [-0.3, -0.25) is 0 Å². The molecule has 25 heavy (non-hydrogen) atoms. The van der Waals surface area contributed by atoms with E-state index < -0.39 is 5.97 Å². The Morgan fingerprint density at radius 1 is 1.16 bits per heavy atom. The number of ether oxygens (including phenoxy) is 3.